The minimum absolute atomic E-state index is 0.0780. The Hall–Kier alpha value is -4.14. The molecule has 0 saturated heterocycles. The highest BCUT2D eigenvalue weighted by molar-refractivity contribution is 5.80. The molecule has 0 aliphatic rings. The number of aromatic nitrogens is 6. The van der Waals surface area contributed by atoms with Gasteiger partial charge in [0.15, 0.2) is 0 Å². The van der Waals surface area contributed by atoms with E-state index in [0.717, 1.165) is 46.6 Å². The van der Waals surface area contributed by atoms with Crippen LogP contribution < -0.4 is 5.56 Å². The number of H-pyrrole nitrogens is 1. The first-order valence-corrected chi connectivity index (χ1v) is 12.2. The SMILES string of the molecule is CCCCc1nc(=O)c(CC(=O)OCC)c(C)n1Cc1ccc(-c2ccccc2-c2nn[nH]n2)cc1. The molecule has 0 saturated carbocycles. The first-order valence-electron chi connectivity index (χ1n) is 12.2. The van der Waals surface area contributed by atoms with Crippen LogP contribution in [-0.2, 0) is 28.9 Å². The topological polar surface area (TPSA) is 116 Å². The Morgan fingerprint density at radius 3 is 2.47 bits per heavy atom. The Labute approximate surface area is 209 Å². The van der Waals surface area contributed by atoms with Crippen LogP contribution in [0.25, 0.3) is 22.5 Å². The summed E-state index contributed by atoms with van der Waals surface area (Å²) in [5.74, 6) is 0.856. The highest BCUT2D eigenvalue weighted by atomic mass is 16.5. The van der Waals surface area contributed by atoms with Gasteiger partial charge in [0.1, 0.15) is 5.82 Å². The lowest BCUT2D eigenvalue weighted by Gasteiger charge is -2.19. The van der Waals surface area contributed by atoms with Gasteiger partial charge in [-0.05, 0) is 42.2 Å². The van der Waals surface area contributed by atoms with Gasteiger partial charge in [0, 0.05) is 29.8 Å². The first-order chi connectivity index (χ1) is 17.5. The zero-order valence-electron chi connectivity index (χ0n) is 20.8. The van der Waals surface area contributed by atoms with Gasteiger partial charge in [-0.3, -0.25) is 9.59 Å². The van der Waals surface area contributed by atoms with E-state index in [4.69, 9.17) is 4.74 Å². The molecule has 0 radical (unpaired) electrons. The van der Waals surface area contributed by atoms with Crippen LogP contribution in [0.5, 0.6) is 0 Å². The summed E-state index contributed by atoms with van der Waals surface area (Å²) in [5.41, 5.74) is 4.78. The third kappa shape index (κ3) is 5.56. The van der Waals surface area contributed by atoms with Crippen LogP contribution in [0.2, 0.25) is 0 Å². The van der Waals surface area contributed by atoms with E-state index in [2.05, 4.69) is 56.8 Å². The van der Waals surface area contributed by atoms with Gasteiger partial charge in [-0.2, -0.15) is 10.2 Å². The highest BCUT2D eigenvalue weighted by Gasteiger charge is 2.18. The van der Waals surface area contributed by atoms with E-state index in [1.165, 1.54) is 0 Å². The molecule has 2 aromatic carbocycles. The molecule has 2 heterocycles. The average Bonchev–Trinajstić information content (AvgIpc) is 3.43. The predicted octanol–water partition coefficient (Wildman–Crippen LogP) is 3.90. The summed E-state index contributed by atoms with van der Waals surface area (Å²) in [4.78, 5) is 29.2. The summed E-state index contributed by atoms with van der Waals surface area (Å²) in [6.45, 7) is 6.55. The van der Waals surface area contributed by atoms with Crippen LogP contribution in [0.3, 0.4) is 0 Å². The fourth-order valence-electron chi connectivity index (χ4n) is 4.23. The van der Waals surface area contributed by atoms with E-state index in [0.29, 0.717) is 24.4 Å². The molecule has 1 N–H and O–H groups in total. The number of ether oxygens (including phenoxy) is 1. The van der Waals surface area contributed by atoms with Crippen molar-refractivity contribution in [2.45, 2.75) is 53.0 Å². The molecule has 2 aromatic heterocycles. The van der Waals surface area contributed by atoms with Gasteiger partial charge in [-0.25, -0.2) is 0 Å². The van der Waals surface area contributed by atoms with E-state index in [9.17, 15) is 9.59 Å². The molecule has 0 aliphatic carbocycles. The maximum atomic E-state index is 12.8. The summed E-state index contributed by atoms with van der Waals surface area (Å²) >= 11 is 0. The van der Waals surface area contributed by atoms with Crippen molar-refractivity contribution in [3.05, 3.63) is 81.5 Å². The Balaban J connectivity index is 1.66. The largest absolute Gasteiger partial charge is 0.466 e. The van der Waals surface area contributed by atoms with Crippen molar-refractivity contribution >= 4 is 5.97 Å². The van der Waals surface area contributed by atoms with Crippen molar-refractivity contribution in [1.29, 1.82) is 0 Å². The molecule has 0 bridgehead atoms. The van der Waals surface area contributed by atoms with Crippen molar-refractivity contribution in [2.75, 3.05) is 6.61 Å². The van der Waals surface area contributed by atoms with E-state index >= 15 is 0 Å². The number of carbonyl (C=O) groups is 1. The van der Waals surface area contributed by atoms with Crippen LogP contribution >= 0.6 is 0 Å². The molecular weight excluding hydrogens is 456 g/mol. The van der Waals surface area contributed by atoms with E-state index < -0.39 is 5.97 Å². The number of rotatable bonds is 10. The van der Waals surface area contributed by atoms with Crippen LogP contribution in [0.15, 0.2) is 53.3 Å². The number of hydrogen-bond acceptors (Lipinski definition) is 7. The standard InChI is InChI=1S/C27H30N6O3/c1-4-6-11-24-28-27(35)23(16-25(34)36-5-2)18(3)33(24)17-19-12-14-20(15-13-19)21-9-7-8-10-22(21)26-29-31-32-30-26/h7-10,12-15H,4-6,11,16-17H2,1-3H3,(H,29,30,31,32). The maximum absolute atomic E-state index is 12.8. The van der Waals surface area contributed by atoms with E-state index in [-0.39, 0.29) is 18.6 Å². The molecule has 0 fully saturated rings. The molecule has 0 atom stereocenters. The van der Waals surface area contributed by atoms with E-state index in [1.54, 1.807) is 6.92 Å². The molecule has 0 unspecified atom stereocenters. The molecule has 36 heavy (non-hydrogen) atoms. The van der Waals surface area contributed by atoms with Gasteiger partial charge in [0.25, 0.3) is 5.56 Å². The average molecular weight is 487 g/mol. The lowest BCUT2D eigenvalue weighted by molar-refractivity contribution is -0.142. The quantitative estimate of drug-likeness (QED) is 0.338. The number of esters is 1. The first kappa shape index (κ1) is 25.0. The maximum Gasteiger partial charge on any atom is 0.310 e. The van der Waals surface area contributed by atoms with Crippen LogP contribution in [-0.4, -0.2) is 42.8 Å². The Bertz CT molecular complexity index is 1380. The summed E-state index contributed by atoms with van der Waals surface area (Å²) < 4.78 is 7.12. The number of unbranched alkanes of at least 4 members (excludes halogenated alkanes) is 1. The zero-order valence-corrected chi connectivity index (χ0v) is 20.8. The van der Waals surface area contributed by atoms with Gasteiger partial charge in [0.2, 0.25) is 5.82 Å². The Morgan fingerprint density at radius 2 is 1.81 bits per heavy atom. The molecule has 9 heteroatoms. The molecule has 4 aromatic rings. The van der Waals surface area contributed by atoms with Gasteiger partial charge >= 0.3 is 5.97 Å². The lowest BCUT2D eigenvalue weighted by Crippen LogP contribution is -2.27. The molecule has 0 aliphatic heterocycles. The minimum atomic E-state index is -0.419. The number of nitrogens with zero attached hydrogens (tertiary/aromatic N) is 5. The fourth-order valence-corrected chi connectivity index (χ4v) is 4.23. The predicted molar refractivity (Wildman–Crippen MR) is 136 cm³/mol. The van der Waals surface area contributed by atoms with Crippen LogP contribution in [0.4, 0.5) is 0 Å². The lowest BCUT2D eigenvalue weighted by atomic mass is 9.98. The number of carbonyl (C=O) groups excluding carboxylic acids is 1. The summed E-state index contributed by atoms with van der Waals surface area (Å²) in [6, 6.07) is 16.2. The second-order valence-electron chi connectivity index (χ2n) is 8.55. The number of benzene rings is 2. The molecule has 186 valence electrons. The van der Waals surface area contributed by atoms with E-state index in [1.807, 2.05) is 35.8 Å². The second-order valence-corrected chi connectivity index (χ2v) is 8.55. The third-order valence-electron chi connectivity index (χ3n) is 6.14. The number of hydrogen-bond donors (Lipinski definition) is 1. The minimum Gasteiger partial charge on any atom is -0.466 e. The summed E-state index contributed by atoms with van der Waals surface area (Å²) in [7, 11) is 0. The highest BCUT2D eigenvalue weighted by Crippen LogP contribution is 2.30. The fraction of sp³-hybridized carbons (Fsp3) is 0.333. The monoisotopic (exact) mass is 486 g/mol. The summed E-state index contributed by atoms with van der Waals surface area (Å²) in [6.07, 6.45) is 2.54. The van der Waals surface area contributed by atoms with Crippen LogP contribution in [0.1, 0.15) is 49.3 Å². The molecule has 0 spiro atoms. The number of tetrazole rings is 1. The van der Waals surface area contributed by atoms with Crippen molar-refractivity contribution in [3.8, 4) is 22.5 Å². The smallest absolute Gasteiger partial charge is 0.310 e. The van der Waals surface area contributed by atoms with Gasteiger partial charge in [-0.15, -0.1) is 10.2 Å². The van der Waals surface area contributed by atoms with Gasteiger partial charge in [0.05, 0.1) is 13.0 Å². The van der Waals surface area contributed by atoms with Crippen molar-refractivity contribution in [1.82, 2.24) is 30.2 Å². The normalized spacial score (nSPS) is 11.0. The Kier molecular flexibility index (Phi) is 7.99. The van der Waals surface area contributed by atoms with Gasteiger partial charge in [-0.1, -0.05) is 61.9 Å². The number of nitrogens with one attached hydrogen (secondary N) is 1. The van der Waals surface area contributed by atoms with Crippen molar-refractivity contribution in [2.24, 2.45) is 0 Å². The van der Waals surface area contributed by atoms with Crippen molar-refractivity contribution in [3.63, 3.8) is 0 Å². The number of aromatic amines is 1. The Morgan fingerprint density at radius 1 is 1.06 bits per heavy atom. The molecule has 9 nitrogen and oxygen atoms in total. The van der Waals surface area contributed by atoms with Gasteiger partial charge < -0.3 is 9.30 Å². The number of aryl methyl sites for hydroxylation is 1. The molecule has 4 rings (SSSR count). The zero-order chi connectivity index (χ0) is 25.5. The van der Waals surface area contributed by atoms with Crippen molar-refractivity contribution < 1.29 is 9.53 Å². The second kappa shape index (κ2) is 11.5. The third-order valence-corrected chi connectivity index (χ3v) is 6.14. The summed E-state index contributed by atoms with van der Waals surface area (Å²) in [5, 5.41) is 14.4. The molecular formula is C27H30N6O3. The molecule has 0 amide bonds. The van der Waals surface area contributed by atoms with Crippen LogP contribution in [0, 0.1) is 6.92 Å².